The molecule has 0 saturated carbocycles. The second-order valence-electron chi connectivity index (χ2n) is 4.42. The van der Waals surface area contributed by atoms with Crippen molar-refractivity contribution in [1.82, 2.24) is 5.32 Å². The van der Waals surface area contributed by atoms with Crippen molar-refractivity contribution in [3.8, 4) is 0 Å². The van der Waals surface area contributed by atoms with Crippen LogP contribution in [0.1, 0.15) is 0 Å². The monoisotopic (exact) mass is 291 g/mol. The number of hydrogen-bond donors (Lipinski definition) is 1. The highest BCUT2D eigenvalue weighted by Crippen LogP contribution is 2.14. The summed E-state index contributed by atoms with van der Waals surface area (Å²) in [5.41, 5.74) is 0. The number of esters is 1. The molecular formula is C13H25NO6. The van der Waals surface area contributed by atoms with Gasteiger partial charge in [-0.2, -0.15) is 0 Å². The van der Waals surface area contributed by atoms with E-state index in [9.17, 15) is 4.79 Å². The van der Waals surface area contributed by atoms with Gasteiger partial charge in [-0.25, -0.2) is 0 Å². The molecule has 0 aromatic heterocycles. The van der Waals surface area contributed by atoms with Crippen molar-refractivity contribution in [1.29, 1.82) is 0 Å². The number of rotatable bonds is 11. The predicted octanol–water partition coefficient (Wildman–Crippen LogP) is -0.556. The number of methoxy groups -OCH3 is 1. The Kier molecular flexibility index (Phi) is 9.52. The molecule has 118 valence electrons. The van der Waals surface area contributed by atoms with E-state index in [2.05, 4.69) is 5.32 Å². The van der Waals surface area contributed by atoms with E-state index >= 15 is 0 Å². The Morgan fingerprint density at radius 1 is 1.10 bits per heavy atom. The lowest BCUT2D eigenvalue weighted by atomic mass is 10.0. The van der Waals surface area contributed by atoms with Crippen molar-refractivity contribution in [3.05, 3.63) is 0 Å². The van der Waals surface area contributed by atoms with E-state index in [0.29, 0.717) is 46.2 Å². The fourth-order valence-corrected chi connectivity index (χ4v) is 1.84. The topological polar surface area (TPSA) is 75.3 Å². The molecule has 1 rings (SSSR count). The Labute approximate surface area is 119 Å². The van der Waals surface area contributed by atoms with Crippen LogP contribution in [0.15, 0.2) is 0 Å². The van der Waals surface area contributed by atoms with Crippen molar-refractivity contribution >= 4 is 5.97 Å². The van der Waals surface area contributed by atoms with Gasteiger partial charge < -0.3 is 29.0 Å². The summed E-state index contributed by atoms with van der Waals surface area (Å²) >= 11 is 0. The fourth-order valence-electron chi connectivity index (χ4n) is 1.84. The predicted molar refractivity (Wildman–Crippen MR) is 71.6 cm³/mol. The highest BCUT2D eigenvalue weighted by atomic mass is 16.6. The van der Waals surface area contributed by atoms with Crippen LogP contribution in [0, 0.1) is 5.92 Å². The maximum atomic E-state index is 11.8. The Morgan fingerprint density at radius 3 is 2.40 bits per heavy atom. The zero-order valence-corrected chi connectivity index (χ0v) is 12.3. The molecule has 1 aliphatic rings. The Hall–Kier alpha value is -0.730. The van der Waals surface area contributed by atoms with Crippen molar-refractivity contribution in [3.63, 3.8) is 0 Å². The minimum Gasteiger partial charge on any atom is -0.463 e. The molecule has 0 bridgehead atoms. The first-order chi connectivity index (χ1) is 9.79. The van der Waals surface area contributed by atoms with Gasteiger partial charge >= 0.3 is 5.97 Å². The van der Waals surface area contributed by atoms with Crippen molar-refractivity contribution < 1.29 is 28.5 Å². The van der Waals surface area contributed by atoms with Crippen LogP contribution in [0.5, 0.6) is 0 Å². The van der Waals surface area contributed by atoms with E-state index < -0.39 is 0 Å². The quantitative estimate of drug-likeness (QED) is 0.404. The molecule has 2 atom stereocenters. The van der Waals surface area contributed by atoms with Crippen LogP contribution in [0.3, 0.4) is 0 Å². The molecule has 7 nitrogen and oxygen atoms in total. The van der Waals surface area contributed by atoms with Crippen molar-refractivity contribution in [2.75, 3.05) is 67.0 Å². The summed E-state index contributed by atoms with van der Waals surface area (Å²) in [4.78, 5) is 11.8. The van der Waals surface area contributed by atoms with E-state index in [-0.39, 0.29) is 24.5 Å². The Morgan fingerprint density at radius 2 is 1.75 bits per heavy atom. The fraction of sp³-hybridized carbons (Fsp3) is 0.923. The lowest BCUT2D eigenvalue weighted by molar-refractivity contribution is -0.150. The number of carbonyl (C=O) groups excluding carboxylic acids is 1. The van der Waals surface area contributed by atoms with Crippen LogP contribution in [0.2, 0.25) is 0 Å². The van der Waals surface area contributed by atoms with Gasteiger partial charge in [0, 0.05) is 13.2 Å². The Balaban J connectivity index is 1.94. The van der Waals surface area contributed by atoms with Gasteiger partial charge in [-0.15, -0.1) is 0 Å². The first-order valence-corrected chi connectivity index (χ1v) is 6.85. The average Bonchev–Trinajstić information content (AvgIpc) is 2.94. The molecule has 1 fully saturated rings. The lowest BCUT2D eigenvalue weighted by Gasteiger charge is -2.15. The second kappa shape index (κ2) is 11.0. The van der Waals surface area contributed by atoms with Crippen LogP contribution in [-0.4, -0.2) is 79.0 Å². The van der Waals surface area contributed by atoms with Gasteiger partial charge in [-0.1, -0.05) is 0 Å². The normalized spacial score (nSPS) is 22.1. The summed E-state index contributed by atoms with van der Waals surface area (Å²) in [6, 6.07) is 0.0394. The molecule has 0 radical (unpaired) electrons. The zero-order valence-electron chi connectivity index (χ0n) is 12.3. The minimum atomic E-state index is -0.234. The molecular weight excluding hydrogens is 266 g/mol. The highest BCUT2D eigenvalue weighted by molar-refractivity contribution is 5.73. The number of nitrogens with one attached hydrogen (secondary N) is 1. The number of ether oxygens (including phenoxy) is 5. The molecule has 0 aromatic rings. The van der Waals surface area contributed by atoms with E-state index in [1.807, 2.05) is 7.05 Å². The Bertz CT molecular complexity index is 263. The summed E-state index contributed by atoms with van der Waals surface area (Å²) in [7, 11) is 3.44. The number of likely N-dealkylation sites (N-methyl/N-ethyl adjacent to an activating group) is 1. The molecule has 7 heteroatoms. The van der Waals surface area contributed by atoms with Gasteiger partial charge in [0.25, 0.3) is 0 Å². The maximum Gasteiger partial charge on any atom is 0.313 e. The average molecular weight is 291 g/mol. The number of carbonyl (C=O) groups is 1. The molecule has 0 amide bonds. The SMILES string of the molecule is CNC1COCC1C(=O)OCCOCCOCCOC. The van der Waals surface area contributed by atoms with Crippen LogP contribution in [0.25, 0.3) is 0 Å². The van der Waals surface area contributed by atoms with Gasteiger partial charge in [-0.05, 0) is 7.05 Å². The minimum absolute atomic E-state index is 0.0394. The molecule has 1 heterocycles. The van der Waals surface area contributed by atoms with Gasteiger partial charge in [0.15, 0.2) is 0 Å². The first-order valence-electron chi connectivity index (χ1n) is 6.85. The highest BCUT2D eigenvalue weighted by Gasteiger charge is 2.34. The standard InChI is InChI=1S/C13H25NO6/c1-14-12-10-19-9-11(12)13(15)20-8-7-18-6-5-17-4-3-16-2/h11-12,14H,3-10H2,1-2H3. The van der Waals surface area contributed by atoms with E-state index in [1.54, 1.807) is 7.11 Å². The molecule has 0 aliphatic carbocycles. The second-order valence-corrected chi connectivity index (χ2v) is 4.42. The van der Waals surface area contributed by atoms with E-state index in [0.717, 1.165) is 0 Å². The maximum absolute atomic E-state index is 11.8. The van der Waals surface area contributed by atoms with Crippen LogP contribution in [-0.2, 0) is 28.5 Å². The van der Waals surface area contributed by atoms with Crippen LogP contribution >= 0.6 is 0 Å². The molecule has 1 saturated heterocycles. The van der Waals surface area contributed by atoms with Gasteiger partial charge in [0.2, 0.25) is 0 Å². The third kappa shape index (κ3) is 6.62. The third-order valence-corrected chi connectivity index (χ3v) is 3.03. The first kappa shape index (κ1) is 17.3. The third-order valence-electron chi connectivity index (χ3n) is 3.03. The summed E-state index contributed by atoms with van der Waals surface area (Å²) < 4.78 is 25.8. The van der Waals surface area contributed by atoms with E-state index in [1.165, 1.54) is 0 Å². The largest absolute Gasteiger partial charge is 0.463 e. The molecule has 2 unspecified atom stereocenters. The van der Waals surface area contributed by atoms with E-state index in [4.69, 9.17) is 23.7 Å². The van der Waals surface area contributed by atoms with Crippen LogP contribution < -0.4 is 5.32 Å². The molecule has 0 spiro atoms. The van der Waals surface area contributed by atoms with Crippen LogP contribution in [0.4, 0.5) is 0 Å². The zero-order chi connectivity index (χ0) is 14.6. The van der Waals surface area contributed by atoms with Gasteiger partial charge in [0.05, 0.1) is 52.2 Å². The van der Waals surface area contributed by atoms with Crippen molar-refractivity contribution in [2.45, 2.75) is 6.04 Å². The summed E-state index contributed by atoms with van der Waals surface area (Å²) in [5, 5.41) is 3.05. The smallest absolute Gasteiger partial charge is 0.313 e. The summed E-state index contributed by atoms with van der Waals surface area (Å²) in [6.45, 7) is 3.71. The number of hydrogen-bond acceptors (Lipinski definition) is 7. The molecule has 0 aromatic carbocycles. The van der Waals surface area contributed by atoms with Gasteiger partial charge in [0.1, 0.15) is 6.61 Å². The summed E-state index contributed by atoms with van der Waals surface area (Å²) in [5.74, 6) is -0.459. The summed E-state index contributed by atoms with van der Waals surface area (Å²) in [6.07, 6.45) is 0. The molecule has 20 heavy (non-hydrogen) atoms. The molecule has 1 aliphatic heterocycles. The molecule has 1 N–H and O–H groups in total. The van der Waals surface area contributed by atoms with Gasteiger partial charge in [-0.3, -0.25) is 4.79 Å². The lowest BCUT2D eigenvalue weighted by Crippen LogP contribution is -2.38. The van der Waals surface area contributed by atoms with Crippen molar-refractivity contribution in [2.24, 2.45) is 5.92 Å².